The number of aromatic hydroxyl groups is 1. The summed E-state index contributed by atoms with van der Waals surface area (Å²) in [5.41, 5.74) is 1.43. The molecule has 0 saturated carbocycles. The lowest BCUT2D eigenvalue weighted by Gasteiger charge is -2.19. The summed E-state index contributed by atoms with van der Waals surface area (Å²) in [6, 6.07) is 12.6. The van der Waals surface area contributed by atoms with Crippen molar-refractivity contribution in [3.8, 4) is 16.9 Å². The van der Waals surface area contributed by atoms with Crippen LogP contribution in [0.3, 0.4) is 0 Å². The van der Waals surface area contributed by atoms with Crippen molar-refractivity contribution in [3.63, 3.8) is 0 Å². The number of hydrogen-bond donors (Lipinski definition) is 1. The van der Waals surface area contributed by atoms with E-state index in [0.717, 1.165) is 6.92 Å². The van der Waals surface area contributed by atoms with Gasteiger partial charge in [0.15, 0.2) is 0 Å². The summed E-state index contributed by atoms with van der Waals surface area (Å²) < 4.78 is 38.6. The highest BCUT2D eigenvalue weighted by atomic mass is 19.4. The van der Waals surface area contributed by atoms with Crippen LogP contribution < -0.4 is 0 Å². The van der Waals surface area contributed by atoms with Crippen molar-refractivity contribution in [1.82, 2.24) is 0 Å². The van der Waals surface area contributed by atoms with Crippen molar-refractivity contribution < 1.29 is 18.3 Å². The molecular weight excluding hydrogens is 253 g/mol. The molecule has 1 N–H and O–H groups in total. The minimum absolute atomic E-state index is 0.0881. The van der Waals surface area contributed by atoms with Gasteiger partial charge in [-0.1, -0.05) is 36.4 Å². The number of hydrogen-bond acceptors (Lipinski definition) is 1. The van der Waals surface area contributed by atoms with Gasteiger partial charge in [0.05, 0.1) is 5.92 Å². The molecule has 0 amide bonds. The maximum absolute atomic E-state index is 12.9. The van der Waals surface area contributed by atoms with Crippen molar-refractivity contribution in [2.24, 2.45) is 0 Å². The highest BCUT2D eigenvalue weighted by Gasteiger charge is 2.38. The van der Waals surface area contributed by atoms with E-state index in [-0.39, 0.29) is 11.3 Å². The fourth-order valence-electron chi connectivity index (χ4n) is 1.95. The van der Waals surface area contributed by atoms with Gasteiger partial charge in [0, 0.05) is 0 Å². The van der Waals surface area contributed by atoms with Gasteiger partial charge in [-0.15, -0.1) is 0 Å². The third-order valence-corrected chi connectivity index (χ3v) is 3.10. The Kier molecular flexibility index (Phi) is 3.51. The maximum atomic E-state index is 12.9. The van der Waals surface area contributed by atoms with E-state index in [9.17, 15) is 18.3 Å². The van der Waals surface area contributed by atoms with Crippen molar-refractivity contribution in [1.29, 1.82) is 0 Å². The minimum atomic E-state index is -4.27. The molecule has 2 rings (SSSR count). The van der Waals surface area contributed by atoms with Gasteiger partial charge in [-0.25, -0.2) is 0 Å². The second-order valence-corrected chi connectivity index (χ2v) is 4.40. The summed E-state index contributed by atoms with van der Waals surface area (Å²) in [5.74, 6) is -1.44. The Morgan fingerprint density at radius 2 is 1.53 bits per heavy atom. The molecule has 2 aromatic rings. The Balaban J connectivity index is 2.50. The van der Waals surface area contributed by atoms with Crippen LogP contribution in [-0.2, 0) is 0 Å². The number of alkyl halides is 3. The van der Waals surface area contributed by atoms with Crippen LogP contribution in [0, 0.1) is 0 Å². The Hall–Kier alpha value is -1.97. The molecule has 0 fully saturated rings. The van der Waals surface area contributed by atoms with E-state index in [2.05, 4.69) is 0 Å². The summed E-state index contributed by atoms with van der Waals surface area (Å²) in [6.07, 6.45) is -4.27. The van der Waals surface area contributed by atoms with Gasteiger partial charge in [0.25, 0.3) is 0 Å². The molecule has 0 bridgehead atoms. The Bertz CT molecular complexity index is 558. The molecule has 0 aromatic heterocycles. The van der Waals surface area contributed by atoms with Crippen LogP contribution in [0.1, 0.15) is 18.4 Å². The van der Waals surface area contributed by atoms with Gasteiger partial charge in [-0.3, -0.25) is 0 Å². The predicted octanol–water partition coefficient (Wildman–Crippen LogP) is 4.73. The number of rotatable bonds is 2. The third-order valence-electron chi connectivity index (χ3n) is 3.10. The normalized spacial score (nSPS) is 13.3. The molecule has 4 heteroatoms. The molecule has 1 atom stereocenters. The van der Waals surface area contributed by atoms with Crippen LogP contribution in [-0.4, -0.2) is 11.3 Å². The summed E-state index contributed by atoms with van der Waals surface area (Å²) in [4.78, 5) is 0. The lowest BCUT2D eigenvalue weighted by atomic mass is 9.91. The van der Waals surface area contributed by atoms with Crippen LogP contribution in [0.4, 0.5) is 13.2 Å². The highest BCUT2D eigenvalue weighted by Crippen LogP contribution is 2.39. The summed E-state index contributed by atoms with van der Waals surface area (Å²) in [7, 11) is 0. The zero-order valence-corrected chi connectivity index (χ0v) is 10.3. The first-order valence-electron chi connectivity index (χ1n) is 5.84. The molecule has 0 radical (unpaired) electrons. The fourth-order valence-corrected chi connectivity index (χ4v) is 1.95. The van der Waals surface area contributed by atoms with Crippen molar-refractivity contribution in [2.75, 3.05) is 0 Å². The van der Waals surface area contributed by atoms with Crippen LogP contribution in [0.25, 0.3) is 11.1 Å². The van der Waals surface area contributed by atoms with Gasteiger partial charge in [-0.2, -0.15) is 13.2 Å². The van der Waals surface area contributed by atoms with Gasteiger partial charge < -0.3 is 5.11 Å². The molecule has 19 heavy (non-hydrogen) atoms. The quantitative estimate of drug-likeness (QED) is 0.833. The number of phenols is 1. The van der Waals surface area contributed by atoms with E-state index in [4.69, 9.17) is 0 Å². The average molecular weight is 266 g/mol. The number of benzene rings is 2. The second-order valence-electron chi connectivity index (χ2n) is 4.40. The summed E-state index contributed by atoms with van der Waals surface area (Å²) in [6.45, 7) is 1.15. The van der Waals surface area contributed by atoms with Gasteiger partial charge >= 0.3 is 6.18 Å². The SMILES string of the molecule is CC(c1ccccc1-c1ccc(O)cc1)C(F)(F)F. The maximum Gasteiger partial charge on any atom is 0.395 e. The summed E-state index contributed by atoms with van der Waals surface area (Å²) >= 11 is 0. The standard InChI is InChI=1S/C15H13F3O/c1-10(15(16,17)18)13-4-2-3-5-14(13)11-6-8-12(19)9-7-11/h2-10,19H,1H3. The number of phenolic OH excluding ortho intramolecular Hbond substituents is 1. The monoisotopic (exact) mass is 266 g/mol. The topological polar surface area (TPSA) is 20.2 Å². The zero-order chi connectivity index (χ0) is 14.0. The van der Waals surface area contributed by atoms with Crippen molar-refractivity contribution in [3.05, 3.63) is 54.1 Å². The lowest BCUT2D eigenvalue weighted by molar-refractivity contribution is -0.146. The zero-order valence-electron chi connectivity index (χ0n) is 10.3. The molecule has 0 aliphatic heterocycles. The molecule has 0 spiro atoms. The first-order chi connectivity index (χ1) is 8.89. The Morgan fingerprint density at radius 1 is 0.947 bits per heavy atom. The lowest BCUT2D eigenvalue weighted by Crippen LogP contribution is -2.18. The Labute approximate surface area is 109 Å². The predicted molar refractivity (Wildman–Crippen MR) is 68.0 cm³/mol. The van der Waals surface area contributed by atoms with E-state index in [1.54, 1.807) is 30.3 Å². The van der Waals surface area contributed by atoms with E-state index >= 15 is 0 Å². The molecule has 1 nitrogen and oxygen atoms in total. The molecule has 0 aliphatic rings. The highest BCUT2D eigenvalue weighted by molar-refractivity contribution is 5.68. The van der Waals surface area contributed by atoms with Crippen molar-refractivity contribution in [2.45, 2.75) is 19.0 Å². The van der Waals surface area contributed by atoms with Crippen molar-refractivity contribution >= 4 is 0 Å². The molecule has 0 heterocycles. The van der Waals surface area contributed by atoms with E-state index in [0.29, 0.717) is 11.1 Å². The van der Waals surface area contributed by atoms with E-state index < -0.39 is 12.1 Å². The molecule has 0 saturated heterocycles. The molecule has 0 aliphatic carbocycles. The second kappa shape index (κ2) is 4.96. The minimum Gasteiger partial charge on any atom is -0.508 e. The van der Waals surface area contributed by atoms with E-state index in [1.165, 1.54) is 18.2 Å². The fraction of sp³-hybridized carbons (Fsp3) is 0.200. The average Bonchev–Trinajstić information content (AvgIpc) is 2.38. The first-order valence-corrected chi connectivity index (χ1v) is 5.84. The van der Waals surface area contributed by atoms with Gasteiger partial charge in [0.1, 0.15) is 5.75 Å². The van der Waals surface area contributed by atoms with Gasteiger partial charge in [-0.05, 0) is 35.7 Å². The molecule has 1 unspecified atom stereocenters. The van der Waals surface area contributed by atoms with Crippen LogP contribution in [0.2, 0.25) is 0 Å². The Morgan fingerprint density at radius 3 is 2.11 bits per heavy atom. The largest absolute Gasteiger partial charge is 0.508 e. The first kappa shape index (κ1) is 13.5. The number of halogens is 3. The third kappa shape index (κ3) is 2.89. The molecular formula is C15H13F3O. The van der Waals surface area contributed by atoms with Gasteiger partial charge in [0.2, 0.25) is 0 Å². The molecule has 100 valence electrons. The summed E-state index contributed by atoms with van der Waals surface area (Å²) in [5, 5.41) is 9.23. The van der Waals surface area contributed by atoms with Crippen LogP contribution >= 0.6 is 0 Å². The van der Waals surface area contributed by atoms with Crippen LogP contribution in [0.5, 0.6) is 5.75 Å². The van der Waals surface area contributed by atoms with E-state index in [1.807, 2.05) is 0 Å². The van der Waals surface area contributed by atoms with Crippen LogP contribution in [0.15, 0.2) is 48.5 Å². The molecule has 2 aromatic carbocycles. The smallest absolute Gasteiger partial charge is 0.395 e.